The van der Waals surface area contributed by atoms with Crippen LogP contribution in [-0.2, 0) is 14.8 Å². The first-order valence-electron chi connectivity index (χ1n) is 6.43. The Balaban J connectivity index is 2.87. The number of hydrogen-bond acceptors (Lipinski definition) is 3. The Hall–Kier alpha value is -1.40. The predicted octanol–water partition coefficient (Wildman–Crippen LogP) is 1.58. The average Bonchev–Trinajstić information content (AvgIpc) is 2.26. The van der Waals surface area contributed by atoms with E-state index in [1.54, 1.807) is 25.1 Å². The Morgan fingerprint density at radius 1 is 1.20 bits per heavy atom. The highest BCUT2D eigenvalue weighted by molar-refractivity contribution is 7.89. The maximum absolute atomic E-state index is 12.2. The highest BCUT2D eigenvalue weighted by Gasteiger charge is 2.25. The number of carbonyl (C=O) groups excluding carboxylic acids is 1. The fraction of sp³-hybridized carbons (Fsp3) is 0.500. The van der Waals surface area contributed by atoms with Crippen molar-refractivity contribution < 1.29 is 13.2 Å². The number of aryl methyl sites for hydroxylation is 1. The first-order valence-corrected chi connectivity index (χ1v) is 7.91. The minimum Gasteiger partial charge on any atom is -0.350 e. The lowest BCUT2D eigenvalue weighted by Gasteiger charge is -2.23. The lowest BCUT2D eigenvalue weighted by atomic mass is 10.1. The second kappa shape index (κ2) is 5.93. The fourth-order valence-electron chi connectivity index (χ4n) is 1.69. The SMILES string of the molecule is Cc1ccccc1S(=O)(=O)NC(C)C(=O)NC(C)(C)C. The van der Waals surface area contributed by atoms with Crippen molar-refractivity contribution in [2.45, 2.75) is 51.1 Å². The molecule has 20 heavy (non-hydrogen) atoms. The van der Waals surface area contributed by atoms with Crippen molar-refractivity contribution in [3.63, 3.8) is 0 Å². The van der Waals surface area contributed by atoms with E-state index < -0.39 is 21.6 Å². The van der Waals surface area contributed by atoms with Crippen molar-refractivity contribution in [1.29, 1.82) is 0 Å². The van der Waals surface area contributed by atoms with Crippen LogP contribution in [0.4, 0.5) is 0 Å². The summed E-state index contributed by atoms with van der Waals surface area (Å²) in [6.07, 6.45) is 0. The monoisotopic (exact) mass is 298 g/mol. The summed E-state index contributed by atoms with van der Waals surface area (Å²) in [6.45, 7) is 8.76. The third-order valence-electron chi connectivity index (χ3n) is 2.61. The molecule has 0 aromatic heterocycles. The molecule has 1 aromatic carbocycles. The minimum absolute atomic E-state index is 0.190. The van der Waals surface area contributed by atoms with Crippen molar-refractivity contribution in [1.82, 2.24) is 10.0 Å². The molecule has 0 bridgehead atoms. The van der Waals surface area contributed by atoms with E-state index >= 15 is 0 Å². The van der Waals surface area contributed by atoms with E-state index in [0.717, 1.165) is 0 Å². The predicted molar refractivity (Wildman–Crippen MR) is 78.9 cm³/mol. The zero-order valence-corrected chi connectivity index (χ0v) is 13.3. The molecule has 0 aliphatic carbocycles. The first-order chi connectivity index (χ1) is 9.03. The van der Waals surface area contributed by atoms with Crippen molar-refractivity contribution in [3.05, 3.63) is 29.8 Å². The molecule has 2 N–H and O–H groups in total. The minimum atomic E-state index is -3.70. The van der Waals surface area contributed by atoms with Gasteiger partial charge in [0.05, 0.1) is 10.9 Å². The summed E-state index contributed by atoms with van der Waals surface area (Å²) in [5.74, 6) is -0.352. The highest BCUT2D eigenvalue weighted by Crippen LogP contribution is 2.14. The van der Waals surface area contributed by atoms with Crippen LogP contribution in [0.5, 0.6) is 0 Å². The van der Waals surface area contributed by atoms with Crippen molar-refractivity contribution >= 4 is 15.9 Å². The lowest BCUT2D eigenvalue weighted by Crippen LogP contribution is -2.50. The van der Waals surface area contributed by atoms with Crippen LogP contribution in [0.3, 0.4) is 0 Å². The van der Waals surface area contributed by atoms with Gasteiger partial charge in [0, 0.05) is 5.54 Å². The van der Waals surface area contributed by atoms with E-state index in [1.165, 1.54) is 13.0 Å². The summed E-state index contributed by atoms with van der Waals surface area (Å²) in [5.41, 5.74) is 0.239. The van der Waals surface area contributed by atoms with Crippen LogP contribution < -0.4 is 10.0 Å². The summed E-state index contributed by atoms with van der Waals surface area (Å²) in [4.78, 5) is 12.1. The van der Waals surface area contributed by atoms with Gasteiger partial charge in [0.25, 0.3) is 0 Å². The molecule has 5 nitrogen and oxygen atoms in total. The molecule has 112 valence electrons. The number of amides is 1. The standard InChI is InChI=1S/C14H22N2O3S/c1-10-8-6-7-9-12(10)20(18,19)16-11(2)13(17)15-14(3,4)5/h6-9,11,16H,1-5H3,(H,15,17). The maximum Gasteiger partial charge on any atom is 0.241 e. The van der Waals surface area contributed by atoms with E-state index in [2.05, 4.69) is 10.0 Å². The van der Waals surface area contributed by atoms with Crippen LogP contribution in [0.25, 0.3) is 0 Å². The van der Waals surface area contributed by atoms with Crippen LogP contribution in [0.1, 0.15) is 33.3 Å². The van der Waals surface area contributed by atoms with Gasteiger partial charge >= 0.3 is 0 Å². The van der Waals surface area contributed by atoms with E-state index in [-0.39, 0.29) is 10.8 Å². The van der Waals surface area contributed by atoms with Crippen LogP contribution >= 0.6 is 0 Å². The molecule has 0 spiro atoms. The second-order valence-electron chi connectivity index (χ2n) is 5.85. The second-order valence-corrected chi connectivity index (χ2v) is 7.53. The van der Waals surface area contributed by atoms with Gasteiger partial charge in [-0.2, -0.15) is 4.72 Å². The molecule has 0 radical (unpaired) electrons. The van der Waals surface area contributed by atoms with Crippen LogP contribution in [0, 0.1) is 6.92 Å². The Morgan fingerprint density at radius 2 is 1.75 bits per heavy atom. The smallest absolute Gasteiger partial charge is 0.241 e. The van der Waals surface area contributed by atoms with Gasteiger partial charge < -0.3 is 5.32 Å². The molecule has 0 aliphatic heterocycles. The van der Waals surface area contributed by atoms with Gasteiger partial charge in [0.1, 0.15) is 0 Å². The summed E-state index contributed by atoms with van der Waals surface area (Å²) < 4.78 is 26.9. The van der Waals surface area contributed by atoms with Crippen LogP contribution in [-0.4, -0.2) is 25.9 Å². The van der Waals surface area contributed by atoms with Gasteiger partial charge in [-0.05, 0) is 46.2 Å². The third-order valence-corrected chi connectivity index (χ3v) is 4.31. The summed E-state index contributed by atoms with van der Waals surface area (Å²) in [7, 11) is -3.70. The molecule has 0 saturated heterocycles. The Bertz CT molecular complexity index is 589. The summed E-state index contributed by atoms with van der Waals surface area (Å²) >= 11 is 0. The Labute approximate surface area is 120 Å². The van der Waals surface area contributed by atoms with E-state index in [9.17, 15) is 13.2 Å². The van der Waals surface area contributed by atoms with Gasteiger partial charge in [-0.1, -0.05) is 18.2 Å². The third kappa shape index (κ3) is 4.61. The molecule has 1 amide bonds. The summed E-state index contributed by atoms with van der Waals surface area (Å²) in [6, 6.07) is 5.82. The lowest BCUT2D eigenvalue weighted by molar-refractivity contribution is -0.123. The molecular weight excluding hydrogens is 276 g/mol. The van der Waals surface area contributed by atoms with Gasteiger partial charge in [0.2, 0.25) is 15.9 Å². The molecule has 1 unspecified atom stereocenters. The number of sulfonamides is 1. The quantitative estimate of drug-likeness (QED) is 0.886. The number of hydrogen-bond donors (Lipinski definition) is 2. The number of benzene rings is 1. The molecule has 6 heteroatoms. The molecule has 1 rings (SSSR count). The average molecular weight is 298 g/mol. The van der Waals surface area contributed by atoms with Gasteiger partial charge in [-0.3, -0.25) is 4.79 Å². The zero-order chi connectivity index (χ0) is 15.6. The molecule has 0 fully saturated rings. The fourth-order valence-corrected chi connectivity index (χ4v) is 3.13. The van der Waals surface area contributed by atoms with Gasteiger partial charge in [-0.15, -0.1) is 0 Å². The van der Waals surface area contributed by atoms with Gasteiger partial charge in [-0.25, -0.2) is 8.42 Å². The topological polar surface area (TPSA) is 75.3 Å². The van der Waals surface area contributed by atoms with Crippen LogP contribution in [0.2, 0.25) is 0 Å². The maximum atomic E-state index is 12.2. The first kappa shape index (κ1) is 16.7. The number of nitrogens with one attached hydrogen (secondary N) is 2. The van der Waals surface area contributed by atoms with Crippen molar-refractivity contribution in [3.8, 4) is 0 Å². The Kier molecular flexibility index (Phi) is 4.94. The van der Waals surface area contributed by atoms with E-state index in [0.29, 0.717) is 5.56 Å². The van der Waals surface area contributed by atoms with E-state index in [4.69, 9.17) is 0 Å². The molecule has 0 saturated carbocycles. The molecule has 1 atom stereocenters. The molecule has 1 aromatic rings. The zero-order valence-electron chi connectivity index (χ0n) is 12.5. The highest BCUT2D eigenvalue weighted by atomic mass is 32.2. The van der Waals surface area contributed by atoms with Crippen molar-refractivity contribution in [2.24, 2.45) is 0 Å². The Morgan fingerprint density at radius 3 is 2.25 bits per heavy atom. The molecule has 0 heterocycles. The number of carbonyl (C=O) groups is 1. The normalized spacial score (nSPS) is 13.8. The molecule has 0 aliphatic rings. The van der Waals surface area contributed by atoms with Crippen molar-refractivity contribution in [2.75, 3.05) is 0 Å². The largest absolute Gasteiger partial charge is 0.350 e. The van der Waals surface area contributed by atoms with Crippen LogP contribution in [0.15, 0.2) is 29.2 Å². The summed E-state index contributed by atoms with van der Waals surface area (Å²) in [5, 5.41) is 2.74. The van der Waals surface area contributed by atoms with E-state index in [1.807, 2.05) is 20.8 Å². The number of rotatable bonds is 4. The molecular formula is C14H22N2O3S. The van der Waals surface area contributed by atoms with Gasteiger partial charge in [0.15, 0.2) is 0 Å².